The average Bonchev–Trinajstić information content (AvgIpc) is 2.85. The first-order valence-electron chi connectivity index (χ1n) is 8.26. The van der Waals surface area contributed by atoms with E-state index in [1.807, 2.05) is 0 Å². The highest BCUT2D eigenvalue weighted by atomic mass is 35.5. The predicted molar refractivity (Wildman–Crippen MR) is 110 cm³/mol. The van der Waals surface area contributed by atoms with Gasteiger partial charge in [-0.05, 0) is 29.8 Å². The quantitative estimate of drug-likeness (QED) is 0.644. The van der Waals surface area contributed by atoms with Gasteiger partial charge < -0.3 is 5.32 Å². The largest absolute Gasteiger partial charge is 0.354 e. The Balaban J connectivity index is 1.49. The summed E-state index contributed by atoms with van der Waals surface area (Å²) in [6.45, 7) is -0.225. The second-order valence-corrected chi connectivity index (χ2v) is 9.67. The van der Waals surface area contributed by atoms with Gasteiger partial charge in [0.2, 0.25) is 5.91 Å². The molecule has 28 heavy (non-hydrogen) atoms. The van der Waals surface area contributed by atoms with Crippen LogP contribution in [0.4, 0.5) is 0 Å². The Kier molecular flexibility index (Phi) is 6.54. The Bertz CT molecular complexity index is 1010. The van der Waals surface area contributed by atoms with Gasteiger partial charge in [-0.1, -0.05) is 41.4 Å². The fourth-order valence-corrected chi connectivity index (χ4v) is 5.80. The Morgan fingerprint density at radius 3 is 2.43 bits per heavy atom. The minimum absolute atomic E-state index is 0.0695. The minimum Gasteiger partial charge on any atom is -0.354 e. The molecule has 2 aromatic carbocycles. The highest BCUT2D eigenvalue weighted by molar-refractivity contribution is 7.98. The zero-order valence-electron chi connectivity index (χ0n) is 14.5. The maximum absolute atomic E-state index is 12.4. The topological polar surface area (TPSA) is 83.6 Å². The molecule has 3 rings (SSSR count). The summed E-state index contributed by atoms with van der Waals surface area (Å²) in [6.07, 6.45) is 0. The monoisotopic (exact) mass is 458 g/mol. The van der Waals surface area contributed by atoms with E-state index in [0.29, 0.717) is 32.4 Å². The molecule has 0 atom stereocenters. The molecule has 148 valence electrons. The third-order valence-corrected chi connectivity index (χ3v) is 7.56. The van der Waals surface area contributed by atoms with Crippen LogP contribution in [0.5, 0.6) is 0 Å². The molecule has 0 saturated carbocycles. The zero-order valence-corrected chi connectivity index (χ0v) is 17.7. The molecule has 1 aliphatic heterocycles. The molecule has 6 nitrogen and oxygen atoms in total. The summed E-state index contributed by atoms with van der Waals surface area (Å²) in [4.78, 5) is 24.3. The van der Waals surface area contributed by atoms with Crippen molar-refractivity contribution in [2.45, 2.75) is 10.6 Å². The van der Waals surface area contributed by atoms with Gasteiger partial charge in [-0.3, -0.25) is 9.59 Å². The van der Waals surface area contributed by atoms with Gasteiger partial charge in [0.1, 0.15) is 11.4 Å². The van der Waals surface area contributed by atoms with E-state index >= 15 is 0 Å². The molecule has 0 radical (unpaired) electrons. The lowest BCUT2D eigenvalue weighted by atomic mass is 10.2. The number of benzene rings is 2. The molecule has 0 aliphatic carbocycles. The molecular formula is C18H16Cl2N2O4S2. The number of carbonyl (C=O) groups excluding carboxylic acids is 2. The third-order valence-electron chi connectivity index (χ3n) is 4.08. The molecule has 0 unspecified atom stereocenters. The maximum atomic E-state index is 12.4. The van der Waals surface area contributed by atoms with Gasteiger partial charge in [-0.25, -0.2) is 12.7 Å². The number of amides is 2. The number of hydrogen-bond acceptors (Lipinski definition) is 5. The summed E-state index contributed by atoms with van der Waals surface area (Å²) in [6, 6.07) is 11.2. The van der Waals surface area contributed by atoms with Crippen LogP contribution >= 0.6 is 35.0 Å². The highest BCUT2D eigenvalue weighted by Gasteiger charge is 2.41. The number of rotatable bonds is 7. The van der Waals surface area contributed by atoms with E-state index in [4.69, 9.17) is 23.2 Å². The van der Waals surface area contributed by atoms with Gasteiger partial charge in [-0.15, -0.1) is 0 Å². The van der Waals surface area contributed by atoms with Crippen LogP contribution in [0.15, 0.2) is 47.4 Å². The highest BCUT2D eigenvalue weighted by Crippen LogP contribution is 2.30. The van der Waals surface area contributed by atoms with Crippen molar-refractivity contribution in [2.75, 3.05) is 18.8 Å². The zero-order chi connectivity index (χ0) is 20.3. The van der Waals surface area contributed by atoms with Crippen LogP contribution in [-0.2, 0) is 20.6 Å². The van der Waals surface area contributed by atoms with E-state index in [1.165, 1.54) is 30.0 Å². The van der Waals surface area contributed by atoms with Crippen molar-refractivity contribution in [1.82, 2.24) is 9.62 Å². The SMILES string of the molecule is O=C(CN1C(=O)c2ccccc2S1(=O)=O)NCCSCc1c(Cl)cccc1Cl. The van der Waals surface area contributed by atoms with E-state index in [-0.39, 0.29) is 10.5 Å². The van der Waals surface area contributed by atoms with Crippen LogP contribution in [0.3, 0.4) is 0 Å². The number of nitrogens with zero attached hydrogens (tertiary/aromatic N) is 1. The number of hydrogen-bond donors (Lipinski definition) is 1. The molecule has 0 aromatic heterocycles. The number of carbonyl (C=O) groups is 2. The van der Waals surface area contributed by atoms with Crippen LogP contribution in [0.1, 0.15) is 15.9 Å². The van der Waals surface area contributed by atoms with E-state index < -0.39 is 28.4 Å². The lowest BCUT2D eigenvalue weighted by Gasteiger charge is -2.14. The molecular weight excluding hydrogens is 443 g/mol. The van der Waals surface area contributed by atoms with Crippen molar-refractivity contribution < 1.29 is 18.0 Å². The second kappa shape index (κ2) is 8.73. The lowest BCUT2D eigenvalue weighted by Crippen LogP contribution is -2.40. The van der Waals surface area contributed by atoms with Gasteiger partial charge in [-0.2, -0.15) is 11.8 Å². The number of fused-ring (bicyclic) bond motifs is 1. The Labute approximate surface area is 177 Å². The molecule has 10 heteroatoms. The van der Waals surface area contributed by atoms with Crippen molar-refractivity contribution >= 4 is 56.8 Å². The standard InChI is InChI=1S/C18H16Cl2N2O4S2/c19-14-5-3-6-15(20)13(14)11-27-9-8-21-17(23)10-22-18(24)12-4-1-2-7-16(12)28(22,25)26/h1-7H,8-11H2,(H,21,23). The maximum Gasteiger partial charge on any atom is 0.269 e. The summed E-state index contributed by atoms with van der Waals surface area (Å²) < 4.78 is 25.4. The molecule has 0 fully saturated rings. The smallest absolute Gasteiger partial charge is 0.269 e. The first kappa shape index (κ1) is 21.0. The predicted octanol–water partition coefficient (Wildman–Crippen LogP) is 3.19. The third kappa shape index (κ3) is 4.30. The van der Waals surface area contributed by atoms with Crippen molar-refractivity contribution in [2.24, 2.45) is 0 Å². The molecule has 1 N–H and O–H groups in total. The van der Waals surface area contributed by atoms with Gasteiger partial charge in [0.25, 0.3) is 15.9 Å². The van der Waals surface area contributed by atoms with Gasteiger partial charge in [0.15, 0.2) is 0 Å². The minimum atomic E-state index is -3.98. The summed E-state index contributed by atoms with van der Waals surface area (Å²) in [5.74, 6) is -0.0636. The molecule has 0 spiro atoms. The molecule has 2 aromatic rings. The first-order valence-corrected chi connectivity index (χ1v) is 11.6. The van der Waals surface area contributed by atoms with Crippen LogP contribution < -0.4 is 5.32 Å². The van der Waals surface area contributed by atoms with Crippen molar-refractivity contribution in [3.05, 3.63) is 63.6 Å². The molecule has 0 saturated heterocycles. The molecule has 1 heterocycles. The fourth-order valence-electron chi connectivity index (χ4n) is 2.68. The number of thioether (sulfide) groups is 1. The first-order chi connectivity index (χ1) is 13.3. The molecule has 2 amide bonds. The summed E-state index contributed by atoms with van der Waals surface area (Å²) in [5, 5.41) is 3.80. The van der Waals surface area contributed by atoms with E-state index in [2.05, 4.69) is 5.32 Å². The number of sulfonamides is 1. The van der Waals surface area contributed by atoms with E-state index in [0.717, 1.165) is 5.56 Å². The van der Waals surface area contributed by atoms with Crippen molar-refractivity contribution in [3.63, 3.8) is 0 Å². The molecule has 0 bridgehead atoms. The molecule has 1 aliphatic rings. The van der Waals surface area contributed by atoms with Crippen LogP contribution in [-0.4, -0.2) is 43.4 Å². The Morgan fingerprint density at radius 1 is 1.07 bits per heavy atom. The number of halogens is 2. The summed E-state index contributed by atoms with van der Waals surface area (Å²) in [7, 11) is -3.98. The number of nitrogens with one attached hydrogen (secondary N) is 1. The van der Waals surface area contributed by atoms with Crippen LogP contribution in [0, 0.1) is 0 Å². The van der Waals surface area contributed by atoms with E-state index in [9.17, 15) is 18.0 Å². The Hall–Kier alpha value is -1.74. The van der Waals surface area contributed by atoms with Crippen molar-refractivity contribution in [1.29, 1.82) is 0 Å². The summed E-state index contributed by atoms with van der Waals surface area (Å²) in [5.41, 5.74) is 0.913. The average molecular weight is 459 g/mol. The Morgan fingerprint density at radius 2 is 1.75 bits per heavy atom. The van der Waals surface area contributed by atoms with Gasteiger partial charge in [0, 0.05) is 28.1 Å². The fraction of sp³-hybridized carbons (Fsp3) is 0.222. The van der Waals surface area contributed by atoms with Crippen molar-refractivity contribution in [3.8, 4) is 0 Å². The van der Waals surface area contributed by atoms with Crippen LogP contribution in [0.25, 0.3) is 0 Å². The lowest BCUT2D eigenvalue weighted by molar-refractivity contribution is -0.120. The van der Waals surface area contributed by atoms with Crippen LogP contribution in [0.2, 0.25) is 10.0 Å². The van der Waals surface area contributed by atoms with Gasteiger partial charge >= 0.3 is 0 Å². The van der Waals surface area contributed by atoms with E-state index in [1.54, 1.807) is 24.3 Å². The normalized spacial score (nSPS) is 14.8. The second-order valence-electron chi connectivity index (χ2n) is 5.92. The van der Waals surface area contributed by atoms with Gasteiger partial charge in [0.05, 0.1) is 5.56 Å². The summed E-state index contributed by atoms with van der Waals surface area (Å²) >= 11 is 13.7.